The Hall–Kier alpha value is -0.0400. The number of hydrogen-bond donors (Lipinski definition) is 1. The summed E-state index contributed by atoms with van der Waals surface area (Å²) in [4.78, 5) is 0. The van der Waals surface area contributed by atoms with E-state index in [0.717, 1.165) is 17.8 Å². The van der Waals surface area contributed by atoms with E-state index in [2.05, 4.69) is 33.0 Å². The fourth-order valence-corrected chi connectivity index (χ4v) is 2.80. The molecule has 0 amide bonds. The third-order valence-electron chi connectivity index (χ3n) is 4.25. The van der Waals surface area contributed by atoms with E-state index in [1.54, 1.807) is 0 Å². The molecule has 0 aromatic heterocycles. The van der Waals surface area contributed by atoms with E-state index in [-0.39, 0.29) is 0 Å². The summed E-state index contributed by atoms with van der Waals surface area (Å²) in [6.45, 7) is 10.5. The molecular formula is C15H31N. The lowest BCUT2D eigenvalue weighted by Crippen LogP contribution is -2.31. The van der Waals surface area contributed by atoms with Gasteiger partial charge in [0.25, 0.3) is 0 Å². The lowest BCUT2D eigenvalue weighted by Gasteiger charge is -2.28. The van der Waals surface area contributed by atoms with Crippen molar-refractivity contribution in [1.29, 1.82) is 0 Å². The fourth-order valence-electron chi connectivity index (χ4n) is 2.80. The van der Waals surface area contributed by atoms with Crippen LogP contribution in [0.3, 0.4) is 0 Å². The van der Waals surface area contributed by atoms with E-state index in [4.69, 9.17) is 0 Å². The topological polar surface area (TPSA) is 12.0 Å². The Morgan fingerprint density at radius 1 is 0.938 bits per heavy atom. The first-order valence-corrected chi connectivity index (χ1v) is 7.33. The van der Waals surface area contributed by atoms with Crippen LogP contribution in [-0.2, 0) is 0 Å². The second kappa shape index (κ2) is 7.32. The van der Waals surface area contributed by atoms with E-state index < -0.39 is 0 Å². The van der Waals surface area contributed by atoms with E-state index in [0.29, 0.717) is 6.04 Å². The molecule has 0 saturated heterocycles. The van der Waals surface area contributed by atoms with Crippen LogP contribution in [0.2, 0.25) is 0 Å². The quantitative estimate of drug-likeness (QED) is 0.713. The zero-order valence-corrected chi connectivity index (χ0v) is 11.8. The zero-order chi connectivity index (χ0) is 12.0. The molecule has 0 aromatic carbocycles. The number of rotatable bonds is 6. The van der Waals surface area contributed by atoms with Crippen molar-refractivity contribution in [2.45, 2.75) is 72.3 Å². The van der Waals surface area contributed by atoms with E-state index >= 15 is 0 Å². The van der Waals surface area contributed by atoms with Crippen molar-refractivity contribution in [2.75, 3.05) is 6.54 Å². The summed E-state index contributed by atoms with van der Waals surface area (Å²) in [7, 11) is 0. The van der Waals surface area contributed by atoms with Crippen molar-refractivity contribution in [1.82, 2.24) is 5.32 Å². The first-order chi connectivity index (χ1) is 7.59. The molecule has 1 nitrogen and oxygen atoms in total. The predicted molar refractivity (Wildman–Crippen MR) is 72.7 cm³/mol. The molecule has 96 valence electrons. The summed E-state index contributed by atoms with van der Waals surface area (Å²) in [6, 6.07) is 0.629. The molecule has 1 aliphatic rings. The molecule has 2 unspecified atom stereocenters. The van der Waals surface area contributed by atoms with Crippen LogP contribution in [0.1, 0.15) is 66.2 Å². The summed E-state index contributed by atoms with van der Waals surface area (Å²) in [5.74, 6) is 2.74. The van der Waals surface area contributed by atoms with E-state index in [1.165, 1.54) is 45.1 Å². The number of nitrogens with one attached hydrogen (secondary N) is 1. The van der Waals surface area contributed by atoms with Gasteiger partial charge >= 0.3 is 0 Å². The molecule has 1 heteroatoms. The lowest BCUT2D eigenvalue weighted by molar-refractivity contribution is 0.246. The standard InChI is InChI=1S/C15H31N/c1-12(2)16-11-14(4)13(3)10-15-8-6-5-7-9-15/h12-16H,5-11H2,1-4H3. The molecule has 1 saturated carbocycles. The molecule has 0 bridgehead atoms. The Morgan fingerprint density at radius 2 is 1.56 bits per heavy atom. The first-order valence-electron chi connectivity index (χ1n) is 7.33. The SMILES string of the molecule is CC(C)NCC(C)C(C)CC1CCCCC1. The summed E-state index contributed by atoms with van der Waals surface area (Å²) in [5, 5.41) is 3.56. The van der Waals surface area contributed by atoms with E-state index in [1.807, 2.05) is 0 Å². The van der Waals surface area contributed by atoms with Gasteiger partial charge in [0.2, 0.25) is 0 Å². The van der Waals surface area contributed by atoms with E-state index in [9.17, 15) is 0 Å². The maximum atomic E-state index is 3.56. The molecule has 16 heavy (non-hydrogen) atoms. The van der Waals surface area contributed by atoms with Crippen LogP contribution in [0.15, 0.2) is 0 Å². The Balaban J connectivity index is 2.19. The minimum atomic E-state index is 0.629. The third-order valence-corrected chi connectivity index (χ3v) is 4.25. The van der Waals surface area contributed by atoms with Gasteiger partial charge in [0, 0.05) is 6.04 Å². The number of hydrogen-bond acceptors (Lipinski definition) is 1. The summed E-state index contributed by atoms with van der Waals surface area (Å²) in [5.41, 5.74) is 0. The van der Waals surface area contributed by atoms with Gasteiger partial charge in [-0.15, -0.1) is 0 Å². The Morgan fingerprint density at radius 3 is 2.12 bits per heavy atom. The average molecular weight is 225 g/mol. The molecular weight excluding hydrogens is 194 g/mol. The predicted octanol–water partition coefficient (Wildman–Crippen LogP) is 4.23. The largest absolute Gasteiger partial charge is 0.314 e. The highest BCUT2D eigenvalue weighted by Crippen LogP contribution is 2.31. The maximum Gasteiger partial charge on any atom is 0.00104 e. The van der Waals surface area contributed by atoms with Gasteiger partial charge in [-0.2, -0.15) is 0 Å². The van der Waals surface area contributed by atoms with Gasteiger partial charge in [-0.05, 0) is 30.7 Å². The summed E-state index contributed by atoms with van der Waals surface area (Å²) >= 11 is 0. The normalized spacial score (nSPS) is 22.3. The van der Waals surface area contributed by atoms with Crippen molar-refractivity contribution in [3.05, 3.63) is 0 Å². The molecule has 0 aromatic rings. The fraction of sp³-hybridized carbons (Fsp3) is 1.00. The highest BCUT2D eigenvalue weighted by atomic mass is 14.9. The van der Waals surface area contributed by atoms with Crippen LogP contribution < -0.4 is 5.32 Å². The van der Waals surface area contributed by atoms with Crippen molar-refractivity contribution < 1.29 is 0 Å². The summed E-state index contributed by atoms with van der Waals surface area (Å²) in [6.07, 6.45) is 8.89. The molecule has 0 aliphatic heterocycles. The minimum absolute atomic E-state index is 0.629. The van der Waals surface area contributed by atoms with Crippen molar-refractivity contribution in [3.63, 3.8) is 0 Å². The van der Waals surface area contributed by atoms with Crippen LogP contribution in [-0.4, -0.2) is 12.6 Å². The Kier molecular flexibility index (Phi) is 6.41. The van der Waals surface area contributed by atoms with Crippen molar-refractivity contribution in [3.8, 4) is 0 Å². The summed E-state index contributed by atoms with van der Waals surface area (Å²) < 4.78 is 0. The van der Waals surface area contributed by atoms with Gasteiger partial charge < -0.3 is 5.32 Å². The van der Waals surface area contributed by atoms with Crippen LogP contribution in [0.5, 0.6) is 0 Å². The molecule has 1 fully saturated rings. The van der Waals surface area contributed by atoms with Crippen LogP contribution in [0.25, 0.3) is 0 Å². The van der Waals surface area contributed by atoms with Crippen molar-refractivity contribution >= 4 is 0 Å². The molecule has 0 radical (unpaired) electrons. The highest BCUT2D eigenvalue weighted by molar-refractivity contribution is 4.73. The van der Waals surface area contributed by atoms with Crippen molar-refractivity contribution in [2.24, 2.45) is 17.8 Å². The minimum Gasteiger partial charge on any atom is -0.314 e. The molecule has 1 N–H and O–H groups in total. The Labute approximate surface area is 102 Å². The highest BCUT2D eigenvalue weighted by Gasteiger charge is 2.19. The molecule has 1 rings (SSSR count). The molecule has 0 spiro atoms. The Bertz CT molecular complexity index is 170. The average Bonchev–Trinajstić information content (AvgIpc) is 2.27. The molecule has 1 aliphatic carbocycles. The molecule has 2 atom stereocenters. The second-order valence-electron chi connectivity index (χ2n) is 6.26. The van der Waals surface area contributed by atoms with Gasteiger partial charge in [0.05, 0.1) is 0 Å². The third kappa shape index (κ3) is 5.34. The monoisotopic (exact) mass is 225 g/mol. The van der Waals surface area contributed by atoms with Gasteiger partial charge in [0.15, 0.2) is 0 Å². The zero-order valence-electron chi connectivity index (χ0n) is 11.8. The second-order valence-corrected chi connectivity index (χ2v) is 6.26. The van der Waals surface area contributed by atoms with Crippen LogP contribution in [0.4, 0.5) is 0 Å². The van der Waals surface area contributed by atoms with Gasteiger partial charge in [0.1, 0.15) is 0 Å². The van der Waals surface area contributed by atoms with Gasteiger partial charge in [-0.25, -0.2) is 0 Å². The first kappa shape index (κ1) is 14.0. The van der Waals surface area contributed by atoms with Crippen LogP contribution >= 0.6 is 0 Å². The van der Waals surface area contributed by atoms with Gasteiger partial charge in [-0.1, -0.05) is 59.8 Å². The molecule has 0 heterocycles. The maximum absolute atomic E-state index is 3.56. The lowest BCUT2D eigenvalue weighted by atomic mass is 9.79. The van der Waals surface area contributed by atoms with Gasteiger partial charge in [-0.3, -0.25) is 0 Å². The smallest absolute Gasteiger partial charge is 0.00104 e. The van der Waals surface area contributed by atoms with Crippen LogP contribution in [0, 0.1) is 17.8 Å².